The van der Waals surface area contributed by atoms with Crippen LogP contribution in [0.5, 0.6) is 11.5 Å². The largest absolute Gasteiger partial charge is 0.496 e. The number of ether oxygens (including phenoxy) is 3. The number of benzene rings is 2. The number of nitrogens with zero attached hydrogens (tertiary/aromatic N) is 1. The highest BCUT2D eigenvalue weighted by molar-refractivity contribution is 6.33. The number of piperidine rings is 1. The lowest BCUT2D eigenvalue weighted by molar-refractivity contribution is -0.0498. The van der Waals surface area contributed by atoms with Gasteiger partial charge >= 0.3 is 12.7 Å². The van der Waals surface area contributed by atoms with Crippen LogP contribution in [0, 0.1) is 5.92 Å². The lowest BCUT2D eigenvalue weighted by Crippen LogP contribution is -2.41. The zero-order valence-electron chi connectivity index (χ0n) is 19.7. The molecular formula is C24H29ClF2N4O5. The predicted octanol–water partition coefficient (Wildman–Crippen LogP) is 3.81. The van der Waals surface area contributed by atoms with Crippen molar-refractivity contribution in [1.29, 1.82) is 0 Å². The molecule has 5 N–H and O–H groups in total. The molecule has 12 heteroatoms. The molecular weight excluding hydrogens is 498 g/mol. The summed E-state index contributed by atoms with van der Waals surface area (Å²) in [5, 5.41) is 3.20. The number of methoxy groups -OCH3 is 1. The first-order chi connectivity index (χ1) is 17.2. The summed E-state index contributed by atoms with van der Waals surface area (Å²) in [7, 11) is 1.45. The number of anilines is 1. The molecule has 9 nitrogen and oxygen atoms in total. The fourth-order valence-electron chi connectivity index (χ4n) is 4.07. The molecule has 0 saturated carbocycles. The number of hydrogen-bond donors (Lipinski definition) is 3. The number of rotatable bonds is 10. The highest BCUT2D eigenvalue weighted by Crippen LogP contribution is 2.29. The first-order valence-electron chi connectivity index (χ1n) is 11.3. The van der Waals surface area contributed by atoms with E-state index in [1.807, 2.05) is 0 Å². The van der Waals surface area contributed by atoms with Crippen molar-refractivity contribution in [3.05, 3.63) is 52.5 Å². The topological polar surface area (TPSA) is 129 Å². The SMILES string of the molecule is COc1cc(N)c(Cl)cc1C(=O)NCC1CCN(CC(OC(N)=O)c2ccc(OC(F)F)cc2)CC1. The van der Waals surface area contributed by atoms with Crippen LogP contribution in [-0.2, 0) is 4.74 Å². The molecule has 1 aliphatic rings. The van der Waals surface area contributed by atoms with E-state index in [0.29, 0.717) is 48.7 Å². The second kappa shape index (κ2) is 12.6. The van der Waals surface area contributed by atoms with Crippen LogP contribution in [0.4, 0.5) is 19.3 Å². The number of nitrogens with two attached hydrogens (primary N) is 2. The second-order valence-electron chi connectivity index (χ2n) is 8.40. The van der Waals surface area contributed by atoms with E-state index in [4.69, 9.17) is 32.5 Å². The van der Waals surface area contributed by atoms with E-state index in [9.17, 15) is 18.4 Å². The van der Waals surface area contributed by atoms with Gasteiger partial charge in [0.15, 0.2) is 0 Å². The van der Waals surface area contributed by atoms with E-state index in [-0.39, 0.29) is 22.6 Å². The number of amides is 2. The van der Waals surface area contributed by atoms with Crippen molar-refractivity contribution in [2.75, 3.05) is 39.0 Å². The number of primary amides is 1. The van der Waals surface area contributed by atoms with E-state index in [0.717, 1.165) is 12.8 Å². The van der Waals surface area contributed by atoms with Crippen molar-refractivity contribution in [2.24, 2.45) is 11.7 Å². The van der Waals surface area contributed by atoms with Gasteiger partial charge in [-0.2, -0.15) is 8.78 Å². The monoisotopic (exact) mass is 526 g/mol. The third kappa shape index (κ3) is 7.59. The number of likely N-dealkylation sites (tertiary alicyclic amines) is 1. The quantitative estimate of drug-likeness (QED) is 0.401. The average molecular weight is 527 g/mol. The van der Waals surface area contributed by atoms with Crippen molar-refractivity contribution >= 4 is 29.3 Å². The molecule has 2 aromatic rings. The van der Waals surface area contributed by atoms with Gasteiger partial charge in [-0.05, 0) is 55.6 Å². The maximum atomic E-state index is 12.7. The van der Waals surface area contributed by atoms with Crippen LogP contribution in [0.1, 0.15) is 34.9 Å². The minimum absolute atomic E-state index is 0.00768. The summed E-state index contributed by atoms with van der Waals surface area (Å²) in [4.78, 5) is 26.2. The number of carbonyl (C=O) groups is 2. The first-order valence-corrected chi connectivity index (χ1v) is 11.7. The van der Waals surface area contributed by atoms with E-state index in [1.165, 1.54) is 31.4 Å². The van der Waals surface area contributed by atoms with Crippen LogP contribution in [0.25, 0.3) is 0 Å². The Bertz CT molecular complexity index is 1050. The van der Waals surface area contributed by atoms with Crippen LogP contribution in [-0.4, -0.2) is 56.8 Å². The molecule has 3 rings (SSSR count). The Kier molecular flexibility index (Phi) is 9.54. The minimum Gasteiger partial charge on any atom is -0.496 e. The van der Waals surface area contributed by atoms with Gasteiger partial charge in [-0.15, -0.1) is 0 Å². The van der Waals surface area contributed by atoms with Crippen molar-refractivity contribution in [2.45, 2.75) is 25.6 Å². The normalized spacial score (nSPS) is 15.4. The molecule has 0 aromatic heterocycles. The van der Waals surface area contributed by atoms with Gasteiger partial charge in [0.25, 0.3) is 5.91 Å². The molecule has 1 unspecified atom stereocenters. The highest BCUT2D eigenvalue weighted by atomic mass is 35.5. The van der Waals surface area contributed by atoms with E-state index >= 15 is 0 Å². The maximum Gasteiger partial charge on any atom is 0.405 e. The van der Waals surface area contributed by atoms with Crippen LogP contribution in [0.15, 0.2) is 36.4 Å². The molecule has 1 saturated heterocycles. The number of nitrogens with one attached hydrogen (secondary N) is 1. The summed E-state index contributed by atoms with van der Waals surface area (Å²) in [6.45, 7) is -0.639. The van der Waals surface area contributed by atoms with Gasteiger partial charge in [0.05, 0.1) is 23.4 Å². The Morgan fingerprint density at radius 2 is 1.86 bits per heavy atom. The maximum absolute atomic E-state index is 12.7. The zero-order chi connectivity index (χ0) is 26.2. The summed E-state index contributed by atoms with van der Waals surface area (Å²) in [6, 6.07) is 8.89. The summed E-state index contributed by atoms with van der Waals surface area (Å²) in [5.74, 6) is 0.305. The fraction of sp³-hybridized carbons (Fsp3) is 0.417. The lowest BCUT2D eigenvalue weighted by Gasteiger charge is -2.34. The molecule has 1 atom stereocenters. The third-order valence-corrected chi connectivity index (χ3v) is 6.31. The molecule has 0 aliphatic carbocycles. The van der Waals surface area contributed by atoms with Crippen LogP contribution >= 0.6 is 11.6 Å². The average Bonchev–Trinajstić information content (AvgIpc) is 2.84. The molecule has 2 aromatic carbocycles. The molecule has 1 aliphatic heterocycles. The smallest absolute Gasteiger partial charge is 0.405 e. The molecule has 36 heavy (non-hydrogen) atoms. The zero-order valence-corrected chi connectivity index (χ0v) is 20.5. The molecule has 0 spiro atoms. The molecule has 196 valence electrons. The minimum atomic E-state index is -2.93. The molecule has 2 amide bonds. The molecule has 1 heterocycles. The van der Waals surface area contributed by atoms with Gasteiger partial charge < -0.3 is 31.0 Å². The third-order valence-electron chi connectivity index (χ3n) is 5.98. The van der Waals surface area contributed by atoms with Gasteiger partial charge in [0.2, 0.25) is 0 Å². The van der Waals surface area contributed by atoms with E-state index < -0.39 is 18.8 Å². The predicted molar refractivity (Wildman–Crippen MR) is 130 cm³/mol. The number of halogens is 3. The summed E-state index contributed by atoms with van der Waals surface area (Å²) in [6.07, 6.45) is 0.0279. The Labute approximate surface area is 212 Å². The van der Waals surface area contributed by atoms with Crippen LogP contribution in [0.3, 0.4) is 0 Å². The Hall–Kier alpha value is -3.31. The van der Waals surface area contributed by atoms with Gasteiger partial charge in [-0.3, -0.25) is 9.69 Å². The molecule has 0 radical (unpaired) electrons. The highest BCUT2D eigenvalue weighted by Gasteiger charge is 2.25. The van der Waals surface area contributed by atoms with Gasteiger partial charge in [0, 0.05) is 19.2 Å². The second-order valence-corrected chi connectivity index (χ2v) is 8.81. The van der Waals surface area contributed by atoms with Gasteiger partial charge in [-0.1, -0.05) is 23.7 Å². The standard InChI is InChI=1S/C24H29ClF2N4O5/c1-34-20-11-19(28)18(25)10-17(20)22(32)30-12-14-6-8-31(9-7-14)13-21(36-24(29)33)15-2-4-16(5-3-15)35-23(26)27/h2-5,10-11,14,21,23H,6-9,12-13,28H2,1H3,(H2,29,33)(H,30,32). The Morgan fingerprint density at radius 3 is 2.44 bits per heavy atom. The Morgan fingerprint density at radius 1 is 1.19 bits per heavy atom. The fourth-order valence-corrected chi connectivity index (χ4v) is 4.23. The number of nitrogen functional groups attached to an aromatic ring is 1. The van der Waals surface area contributed by atoms with Crippen molar-refractivity contribution in [3.63, 3.8) is 0 Å². The summed E-state index contributed by atoms with van der Waals surface area (Å²) in [5.41, 5.74) is 12.3. The van der Waals surface area contributed by atoms with Crippen molar-refractivity contribution in [3.8, 4) is 11.5 Å². The van der Waals surface area contributed by atoms with E-state index in [2.05, 4.69) is 15.0 Å². The number of hydrogen-bond acceptors (Lipinski definition) is 7. The van der Waals surface area contributed by atoms with Gasteiger partial charge in [0.1, 0.15) is 17.6 Å². The first kappa shape index (κ1) is 27.3. The summed E-state index contributed by atoms with van der Waals surface area (Å²) >= 11 is 6.06. The number of alkyl halides is 2. The van der Waals surface area contributed by atoms with Crippen molar-refractivity contribution in [1.82, 2.24) is 10.2 Å². The van der Waals surface area contributed by atoms with E-state index in [1.54, 1.807) is 12.1 Å². The summed E-state index contributed by atoms with van der Waals surface area (Å²) < 4.78 is 39.7. The lowest BCUT2D eigenvalue weighted by atomic mass is 9.96. The van der Waals surface area contributed by atoms with Crippen LogP contribution < -0.4 is 26.3 Å². The van der Waals surface area contributed by atoms with Crippen LogP contribution in [0.2, 0.25) is 5.02 Å². The number of carbonyl (C=O) groups excluding carboxylic acids is 2. The van der Waals surface area contributed by atoms with Gasteiger partial charge in [-0.25, -0.2) is 4.79 Å². The van der Waals surface area contributed by atoms with Crippen molar-refractivity contribution < 1.29 is 32.6 Å². The molecule has 1 fully saturated rings. The Balaban J connectivity index is 1.52. The molecule has 0 bridgehead atoms.